The molecule has 0 radical (unpaired) electrons. The van der Waals surface area contributed by atoms with Gasteiger partial charge in [-0.05, 0) is 67.7 Å². The summed E-state index contributed by atoms with van der Waals surface area (Å²) >= 11 is 5.76. The molecule has 0 saturated heterocycles. The molecule has 1 heterocycles. The molecule has 1 fully saturated rings. The second-order valence-corrected chi connectivity index (χ2v) is 7.96. The minimum absolute atomic E-state index is 0.0399. The molecule has 0 unspecified atom stereocenters. The van der Waals surface area contributed by atoms with Crippen molar-refractivity contribution in [3.63, 3.8) is 0 Å². The van der Waals surface area contributed by atoms with Crippen LogP contribution in [0.1, 0.15) is 36.8 Å². The van der Waals surface area contributed by atoms with Gasteiger partial charge in [-0.25, -0.2) is 0 Å². The lowest BCUT2D eigenvalue weighted by Crippen LogP contribution is -2.42. The Balaban J connectivity index is 1.64. The number of aromatic amines is 1. The fourth-order valence-corrected chi connectivity index (χ4v) is 4.30. The van der Waals surface area contributed by atoms with E-state index in [0.717, 1.165) is 35.0 Å². The highest BCUT2D eigenvalue weighted by Gasteiger charge is 2.25. The molecule has 144 valence electrons. The van der Waals surface area contributed by atoms with E-state index in [0.29, 0.717) is 17.7 Å². The zero-order chi connectivity index (χ0) is 19.5. The summed E-state index contributed by atoms with van der Waals surface area (Å²) in [5.74, 6) is 0. The van der Waals surface area contributed by atoms with E-state index in [4.69, 9.17) is 12.2 Å². The van der Waals surface area contributed by atoms with Crippen LogP contribution in [-0.2, 0) is 6.54 Å². The van der Waals surface area contributed by atoms with Crippen LogP contribution in [0.15, 0.2) is 59.4 Å². The Labute approximate surface area is 170 Å². The molecule has 4 nitrogen and oxygen atoms in total. The summed E-state index contributed by atoms with van der Waals surface area (Å²) < 4.78 is 0. The van der Waals surface area contributed by atoms with Gasteiger partial charge in [0.1, 0.15) is 0 Å². The first-order valence-electron chi connectivity index (χ1n) is 9.85. The molecule has 0 aliphatic heterocycles. The van der Waals surface area contributed by atoms with Crippen LogP contribution in [-0.4, -0.2) is 21.0 Å². The number of H-pyrrole nitrogens is 1. The summed E-state index contributed by atoms with van der Waals surface area (Å²) in [6.07, 6.45) is 4.65. The van der Waals surface area contributed by atoms with Crippen molar-refractivity contribution < 1.29 is 0 Å². The van der Waals surface area contributed by atoms with E-state index in [-0.39, 0.29) is 5.56 Å². The van der Waals surface area contributed by atoms with Crippen molar-refractivity contribution in [3.8, 4) is 0 Å². The number of para-hydroxylation sites is 1. The molecule has 1 aromatic heterocycles. The van der Waals surface area contributed by atoms with Crippen LogP contribution in [0.5, 0.6) is 0 Å². The monoisotopic (exact) mass is 391 g/mol. The second kappa shape index (κ2) is 8.15. The van der Waals surface area contributed by atoms with Crippen LogP contribution in [0.2, 0.25) is 0 Å². The number of anilines is 1. The zero-order valence-electron chi connectivity index (χ0n) is 16.1. The molecule has 1 saturated carbocycles. The first-order valence-corrected chi connectivity index (χ1v) is 10.3. The summed E-state index contributed by atoms with van der Waals surface area (Å²) in [7, 11) is 0. The number of pyridine rings is 1. The predicted octanol–water partition coefficient (Wildman–Crippen LogP) is 4.98. The van der Waals surface area contributed by atoms with E-state index < -0.39 is 0 Å². The number of nitrogens with one attached hydrogen (secondary N) is 2. The van der Waals surface area contributed by atoms with E-state index in [9.17, 15) is 4.79 Å². The van der Waals surface area contributed by atoms with Crippen LogP contribution in [0.3, 0.4) is 0 Å². The molecule has 0 bridgehead atoms. The van der Waals surface area contributed by atoms with Gasteiger partial charge in [-0.1, -0.05) is 42.7 Å². The highest BCUT2D eigenvalue weighted by molar-refractivity contribution is 7.80. The van der Waals surface area contributed by atoms with Crippen LogP contribution in [0, 0.1) is 6.92 Å². The van der Waals surface area contributed by atoms with E-state index in [1.54, 1.807) is 0 Å². The van der Waals surface area contributed by atoms with Crippen molar-refractivity contribution >= 4 is 33.9 Å². The minimum atomic E-state index is -0.0399. The quantitative estimate of drug-likeness (QED) is 0.616. The van der Waals surface area contributed by atoms with E-state index in [2.05, 4.69) is 28.2 Å². The summed E-state index contributed by atoms with van der Waals surface area (Å²) in [4.78, 5) is 17.9. The molecule has 4 rings (SSSR count). The van der Waals surface area contributed by atoms with Gasteiger partial charge >= 0.3 is 0 Å². The number of rotatable bonds is 4. The average Bonchev–Trinajstić information content (AvgIpc) is 3.21. The maximum absolute atomic E-state index is 12.7. The van der Waals surface area contributed by atoms with E-state index >= 15 is 0 Å². The molecule has 0 amide bonds. The van der Waals surface area contributed by atoms with Gasteiger partial charge in [0.15, 0.2) is 5.11 Å². The Hall–Kier alpha value is -2.66. The maximum Gasteiger partial charge on any atom is 0.253 e. The number of benzene rings is 2. The van der Waals surface area contributed by atoms with Gasteiger partial charge in [-0.3, -0.25) is 4.79 Å². The molecule has 2 N–H and O–H groups in total. The topological polar surface area (TPSA) is 48.1 Å². The Morgan fingerprint density at radius 3 is 2.64 bits per heavy atom. The molecular weight excluding hydrogens is 366 g/mol. The molecule has 0 atom stereocenters. The number of thiocarbonyl (C=S) groups is 1. The van der Waals surface area contributed by atoms with Crippen molar-refractivity contribution in [1.29, 1.82) is 0 Å². The van der Waals surface area contributed by atoms with Gasteiger partial charge in [-0.2, -0.15) is 0 Å². The highest BCUT2D eigenvalue weighted by atomic mass is 32.1. The Kier molecular flexibility index (Phi) is 5.44. The summed E-state index contributed by atoms with van der Waals surface area (Å²) in [5, 5.41) is 5.09. The Morgan fingerprint density at radius 1 is 1.14 bits per heavy atom. The van der Waals surface area contributed by atoms with Crippen molar-refractivity contribution in [2.45, 2.75) is 45.2 Å². The smallest absolute Gasteiger partial charge is 0.253 e. The van der Waals surface area contributed by atoms with Gasteiger partial charge in [0.05, 0.1) is 6.54 Å². The van der Waals surface area contributed by atoms with Gasteiger partial charge < -0.3 is 15.2 Å². The van der Waals surface area contributed by atoms with Gasteiger partial charge in [0, 0.05) is 22.8 Å². The molecular formula is C23H25N3OS. The molecule has 3 aromatic rings. The molecule has 1 aliphatic rings. The fourth-order valence-electron chi connectivity index (χ4n) is 3.97. The van der Waals surface area contributed by atoms with Crippen LogP contribution in [0.25, 0.3) is 10.9 Å². The highest BCUT2D eigenvalue weighted by Crippen LogP contribution is 2.26. The molecule has 1 aliphatic carbocycles. The summed E-state index contributed by atoms with van der Waals surface area (Å²) in [6.45, 7) is 2.58. The number of hydrogen-bond acceptors (Lipinski definition) is 2. The lowest BCUT2D eigenvalue weighted by molar-refractivity contribution is 0.311. The van der Waals surface area contributed by atoms with Crippen LogP contribution >= 0.6 is 12.2 Å². The van der Waals surface area contributed by atoms with Crippen molar-refractivity contribution in [2.24, 2.45) is 0 Å². The van der Waals surface area contributed by atoms with Gasteiger partial charge in [0.25, 0.3) is 5.56 Å². The van der Waals surface area contributed by atoms with Crippen LogP contribution in [0.4, 0.5) is 5.69 Å². The van der Waals surface area contributed by atoms with Crippen molar-refractivity contribution in [2.75, 3.05) is 5.32 Å². The maximum atomic E-state index is 12.7. The summed E-state index contributed by atoms with van der Waals surface area (Å²) in [5.41, 5.74) is 3.73. The molecule has 0 spiro atoms. The Bertz CT molecular complexity index is 1040. The third-order valence-corrected chi connectivity index (χ3v) is 5.81. The van der Waals surface area contributed by atoms with Gasteiger partial charge in [-0.15, -0.1) is 0 Å². The van der Waals surface area contributed by atoms with E-state index in [1.165, 1.54) is 18.4 Å². The van der Waals surface area contributed by atoms with E-state index in [1.807, 2.05) is 48.5 Å². The third-order valence-electron chi connectivity index (χ3n) is 5.47. The normalized spacial score (nSPS) is 14.3. The fraction of sp³-hybridized carbons (Fsp3) is 0.304. The number of aromatic nitrogens is 1. The standard InChI is InChI=1S/C23H25N3OS/c1-16-11-12-21-17(13-16)14-18(22(27)25-21)15-26(20-9-5-6-10-20)23(28)24-19-7-3-2-4-8-19/h2-4,7-8,11-14,20H,5-6,9-10,15H2,1H3,(H,24,28)(H,25,27). The SMILES string of the molecule is Cc1ccc2[nH]c(=O)c(CN(C(=S)Nc3ccccc3)C3CCCC3)cc2c1. The predicted molar refractivity (Wildman–Crippen MR) is 120 cm³/mol. The van der Waals surface area contributed by atoms with Crippen molar-refractivity contribution in [1.82, 2.24) is 9.88 Å². The average molecular weight is 392 g/mol. The lowest BCUT2D eigenvalue weighted by Gasteiger charge is -2.31. The summed E-state index contributed by atoms with van der Waals surface area (Å²) in [6, 6.07) is 18.4. The molecule has 5 heteroatoms. The van der Waals surface area contributed by atoms with Gasteiger partial charge in [0.2, 0.25) is 0 Å². The molecule has 28 heavy (non-hydrogen) atoms. The lowest BCUT2D eigenvalue weighted by atomic mass is 10.1. The first-order chi connectivity index (χ1) is 13.6. The number of fused-ring (bicyclic) bond motifs is 1. The second-order valence-electron chi connectivity index (χ2n) is 7.58. The number of hydrogen-bond donors (Lipinski definition) is 2. The van der Waals surface area contributed by atoms with Crippen LogP contribution < -0.4 is 10.9 Å². The number of aryl methyl sites for hydroxylation is 1. The van der Waals surface area contributed by atoms with Crippen molar-refractivity contribution in [3.05, 3.63) is 76.1 Å². The number of nitrogens with zero attached hydrogens (tertiary/aromatic N) is 1. The zero-order valence-corrected chi connectivity index (χ0v) is 16.9. The molecule has 2 aromatic carbocycles. The minimum Gasteiger partial charge on any atom is -0.342 e. The third kappa shape index (κ3) is 4.09. The Morgan fingerprint density at radius 2 is 1.89 bits per heavy atom. The first kappa shape index (κ1) is 18.7. The largest absolute Gasteiger partial charge is 0.342 e.